The molecule has 3 fully saturated rings. The molecule has 3 aliphatic rings. The van der Waals surface area contributed by atoms with E-state index in [1.165, 1.54) is 0 Å². The zero-order valence-electron chi connectivity index (χ0n) is 9.28. The first kappa shape index (κ1) is 10.1. The van der Waals surface area contributed by atoms with E-state index in [1.807, 2.05) is 0 Å². The van der Waals surface area contributed by atoms with Crippen molar-refractivity contribution in [3.05, 3.63) is 0 Å². The van der Waals surface area contributed by atoms with Gasteiger partial charge in [-0.05, 0) is 25.7 Å². The molecule has 0 bridgehead atoms. The Labute approximate surface area is 90.4 Å². The predicted octanol–water partition coefficient (Wildman–Crippen LogP) is 1.08. The molecule has 0 spiro atoms. The largest absolute Gasteiger partial charge is 0.390 e. The Morgan fingerprint density at radius 1 is 1.13 bits per heavy atom. The van der Waals surface area contributed by atoms with Gasteiger partial charge in [0, 0.05) is 18.9 Å². The summed E-state index contributed by atoms with van der Waals surface area (Å²) in [6.45, 7) is 0. The SMILES string of the molecule is CO[C@@]12CCC[C@H]1[C@]1(O)[C@@H]2CCC[C@@H]1O. The van der Waals surface area contributed by atoms with Crippen molar-refractivity contribution in [3.63, 3.8) is 0 Å². The van der Waals surface area contributed by atoms with E-state index >= 15 is 0 Å². The van der Waals surface area contributed by atoms with E-state index in [-0.39, 0.29) is 17.4 Å². The standard InChI is InChI=1S/C12H20O3/c1-15-11-7-3-5-9(11)12(14)8(11)4-2-6-10(12)13/h8-10,13-14H,2-7H2,1H3/t8-,9-,10+,11-,12-/m1/s1. The molecule has 86 valence electrons. The first-order valence-corrected chi connectivity index (χ1v) is 6.12. The number of aliphatic hydroxyl groups is 2. The van der Waals surface area contributed by atoms with E-state index in [2.05, 4.69) is 0 Å². The van der Waals surface area contributed by atoms with Crippen LogP contribution in [0.25, 0.3) is 0 Å². The zero-order chi connectivity index (χ0) is 10.7. The monoisotopic (exact) mass is 212 g/mol. The van der Waals surface area contributed by atoms with Crippen LogP contribution in [0.3, 0.4) is 0 Å². The highest BCUT2D eigenvalue weighted by atomic mass is 16.5. The third-order valence-corrected chi connectivity index (χ3v) is 5.24. The summed E-state index contributed by atoms with van der Waals surface area (Å²) in [4.78, 5) is 0. The molecule has 15 heavy (non-hydrogen) atoms. The minimum absolute atomic E-state index is 0.101. The van der Waals surface area contributed by atoms with Crippen molar-refractivity contribution >= 4 is 0 Å². The molecule has 3 nitrogen and oxygen atoms in total. The highest BCUT2D eigenvalue weighted by molar-refractivity contribution is 5.25. The lowest BCUT2D eigenvalue weighted by molar-refractivity contribution is -0.329. The van der Waals surface area contributed by atoms with E-state index in [0.29, 0.717) is 0 Å². The van der Waals surface area contributed by atoms with Gasteiger partial charge in [0.1, 0.15) is 5.60 Å². The van der Waals surface area contributed by atoms with Gasteiger partial charge in [0.15, 0.2) is 0 Å². The molecule has 3 rings (SSSR count). The molecule has 2 N–H and O–H groups in total. The van der Waals surface area contributed by atoms with Gasteiger partial charge in [0.25, 0.3) is 0 Å². The lowest BCUT2D eigenvalue weighted by Crippen LogP contribution is -2.77. The molecule has 0 aromatic carbocycles. The number of hydrogen-bond acceptors (Lipinski definition) is 3. The number of aliphatic hydroxyl groups excluding tert-OH is 1. The molecule has 3 aliphatic carbocycles. The van der Waals surface area contributed by atoms with E-state index < -0.39 is 11.7 Å². The van der Waals surface area contributed by atoms with Crippen LogP contribution in [0.2, 0.25) is 0 Å². The van der Waals surface area contributed by atoms with Gasteiger partial charge >= 0.3 is 0 Å². The fraction of sp³-hybridized carbons (Fsp3) is 1.00. The first-order chi connectivity index (χ1) is 7.16. The topological polar surface area (TPSA) is 49.7 Å². The second-order valence-electron chi connectivity index (χ2n) is 5.49. The zero-order valence-corrected chi connectivity index (χ0v) is 9.28. The van der Waals surface area contributed by atoms with Gasteiger partial charge in [0.2, 0.25) is 0 Å². The van der Waals surface area contributed by atoms with Gasteiger partial charge in [-0.25, -0.2) is 0 Å². The summed E-state index contributed by atoms with van der Waals surface area (Å²) in [5.41, 5.74) is -0.930. The van der Waals surface area contributed by atoms with Crippen molar-refractivity contribution in [1.82, 2.24) is 0 Å². The number of ether oxygens (including phenoxy) is 1. The predicted molar refractivity (Wildman–Crippen MR) is 55.4 cm³/mol. The molecular weight excluding hydrogens is 192 g/mol. The van der Waals surface area contributed by atoms with E-state index in [1.54, 1.807) is 7.11 Å². The maximum absolute atomic E-state index is 10.6. The van der Waals surface area contributed by atoms with Crippen LogP contribution in [0.15, 0.2) is 0 Å². The maximum Gasteiger partial charge on any atom is 0.102 e. The Morgan fingerprint density at radius 2 is 1.80 bits per heavy atom. The molecule has 0 unspecified atom stereocenters. The van der Waals surface area contributed by atoms with Crippen LogP contribution in [0.1, 0.15) is 38.5 Å². The molecule has 0 amide bonds. The summed E-state index contributed by atoms with van der Waals surface area (Å²) in [6.07, 6.45) is 5.46. The quantitative estimate of drug-likeness (QED) is 0.683. The van der Waals surface area contributed by atoms with Crippen molar-refractivity contribution in [3.8, 4) is 0 Å². The average molecular weight is 212 g/mol. The average Bonchev–Trinajstić information content (AvgIpc) is 2.63. The Hall–Kier alpha value is -0.120. The maximum atomic E-state index is 10.6. The summed E-state index contributed by atoms with van der Waals surface area (Å²) in [7, 11) is 1.76. The fourth-order valence-corrected chi connectivity index (χ4v) is 4.65. The number of rotatable bonds is 1. The van der Waals surface area contributed by atoms with Crippen LogP contribution in [-0.4, -0.2) is 34.6 Å². The summed E-state index contributed by atoms with van der Waals surface area (Å²) in [5, 5.41) is 20.6. The molecule has 0 aliphatic heterocycles. The third kappa shape index (κ3) is 0.931. The second-order valence-corrected chi connectivity index (χ2v) is 5.49. The van der Waals surface area contributed by atoms with Crippen molar-refractivity contribution in [1.29, 1.82) is 0 Å². The fourth-order valence-electron chi connectivity index (χ4n) is 4.65. The second kappa shape index (κ2) is 2.96. The van der Waals surface area contributed by atoms with Crippen LogP contribution >= 0.6 is 0 Å². The summed E-state index contributed by atoms with van der Waals surface area (Å²) in [6, 6.07) is 0. The molecular formula is C12H20O3. The molecule has 0 heterocycles. The van der Waals surface area contributed by atoms with Gasteiger partial charge < -0.3 is 14.9 Å². The van der Waals surface area contributed by atoms with Crippen molar-refractivity contribution in [2.75, 3.05) is 7.11 Å². The van der Waals surface area contributed by atoms with Gasteiger partial charge in [-0.2, -0.15) is 0 Å². The molecule has 0 aromatic heterocycles. The van der Waals surface area contributed by atoms with Gasteiger partial charge in [-0.3, -0.25) is 0 Å². The van der Waals surface area contributed by atoms with Gasteiger partial charge in [-0.15, -0.1) is 0 Å². The van der Waals surface area contributed by atoms with Crippen molar-refractivity contribution < 1.29 is 14.9 Å². The first-order valence-electron chi connectivity index (χ1n) is 6.12. The summed E-state index contributed by atoms with van der Waals surface area (Å²) < 4.78 is 5.71. The number of fused-ring (bicyclic) bond motifs is 4. The molecule has 0 aromatic rings. The molecule has 3 saturated carbocycles. The molecule has 0 saturated heterocycles. The Balaban J connectivity index is 1.96. The van der Waals surface area contributed by atoms with Crippen LogP contribution in [0.4, 0.5) is 0 Å². The third-order valence-electron chi connectivity index (χ3n) is 5.24. The Bertz CT molecular complexity index is 280. The molecule has 5 atom stereocenters. The minimum atomic E-state index is -0.829. The highest BCUT2D eigenvalue weighted by Crippen LogP contribution is 2.66. The lowest BCUT2D eigenvalue weighted by atomic mass is 9.46. The van der Waals surface area contributed by atoms with E-state index in [9.17, 15) is 10.2 Å². The van der Waals surface area contributed by atoms with Gasteiger partial charge in [0.05, 0.1) is 11.7 Å². The van der Waals surface area contributed by atoms with Crippen LogP contribution in [0.5, 0.6) is 0 Å². The van der Waals surface area contributed by atoms with E-state index in [4.69, 9.17) is 4.74 Å². The minimum Gasteiger partial charge on any atom is -0.390 e. The number of methoxy groups -OCH3 is 1. The Kier molecular flexibility index (Phi) is 1.99. The van der Waals surface area contributed by atoms with Crippen LogP contribution < -0.4 is 0 Å². The van der Waals surface area contributed by atoms with Crippen molar-refractivity contribution in [2.24, 2.45) is 11.8 Å². The molecule has 3 heteroatoms. The smallest absolute Gasteiger partial charge is 0.102 e. The molecule has 0 radical (unpaired) electrons. The van der Waals surface area contributed by atoms with Crippen molar-refractivity contribution in [2.45, 2.75) is 55.8 Å². The summed E-state index contributed by atoms with van der Waals surface area (Å²) >= 11 is 0. The lowest BCUT2D eigenvalue weighted by Gasteiger charge is -2.66. The van der Waals surface area contributed by atoms with Gasteiger partial charge in [-0.1, -0.05) is 12.8 Å². The van der Waals surface area contributed by atoms with Crippen LogP contribution in [0, 0.1) is 11.8 Å². The Morgan fingerprint density at radius 3 is 2.47 bits per heavy atom. The normalized spacial score (nSPS) is 58.2. The van der Waals surface area contributed by atoms with E-state index in [0.717, 1.165) is 38.5 Å². The summed E-state index contributed by atoms with van der Waals surface area (Å²) in [5.74, 6) is 0.349. The van der Waals surface area contributed by atoms with Crippen LogP contribution in [-0.2, 0) is 4.74 Å². The highest BCUT2D eigenvalue weighted by Gasteiger charge is 2.74. The number of hydrogen-bond donors (Lipinski definition) is 2.